The largest absolute Gasteiger partial charge is 0.495 e. The van der Waals surface area contributed by atoms with E-state index in [2.05, 4.69) is 13.0 Å². The summed E-state index contributed by atoms with van der Waals surface area (Å²) in [6.07, 6.45) is 1.45. The number of hydrogen-bond acceptors (Lipinski definition) is 4. The number of rotatable bonds is 4. The molecule has 4 heteroatoms. The van der Waals surface area contributed by atoms with Crippen molar-refractivity contribution in [1.29, 1.82) is 5.26 Å². The number of nitriles is 1. The van der Waals surface area contributed by atoms with Crippen LogP contribution in [0.4, 0.5) is 0 Å². The summed E-state index contributed by atoms with van der Waals surface area (Å²) in [5.74, 6) is 1.56. The number of hydrogen-bond donors (Lipinski definition) is 0. The minimum Gasteiger partial charge on any atom is -0.495 e. The molecule has 18 heavy (non-hydrogen) atoms. The second-order valence-electron chi connectivity index (χ2n) is 4.36. The van der Waals surface area contributed by atoms with Crippen LogP contribution >= 0.6 is 11.8 Å². The fraction of sp³-hybridized carbons (Fsp3) is 0.500. The first-order chi connectivity index (χ1) is 8.74. The zero-order valence-electron chi connectivity index (χ0n) is 10.7. The molecular weight excluding hydrogens is 246 g/mol. The first-order valence-corrected chi connectivity index (χ1v) is 7.09. The Morgan fingerprint density at radius 3 is 3.00 bits per heavy atom. The molecule has 0 spiro atoms. The molecule has 1 aromatic rings. The molecule has 1 aliphatic rings. The van der Waals surface area contributed by atoms with Gasteiger partial charge in [0, 0.05) is 17.6 Å². The van der Waals surface area contributed by atoms with Gasteiger partial charge in [-0.25, -0.2) is 0 Å². The van der Waals surface area contributed by atoms with Crippen molar-refractivity contribution in [2.24, 2.45) is 0 Å². The minimum absolute atomic E-state index is 0.337. The van der Waals surface area contributed by atoms with Crippen molar-refractivity contribution in [2.75, 3.05) is 13.7 Å². The average molecular weight is 263 g/mol. The van der Waals surface area contributed by atoms with Crippen LogP contribution in [0.1, 0.15) is 24.5 Å². The van der Waals surface area contributed by atoms with Gasteiger partial charge in [0.05, 0.1) is 18.8 Å². The van der Waals surface area contributed by atoms with Crippen molar-refractivity contribution in [3.05, 3.63) is 29.3 Å². The Hall–Kier alpha value is -1.18. The van der Waals surface area contributed by atoms with Gasteiger partial charge >= 0.3 is 0 Å². The van der Waals surface area contributed by atoms with E-state index in [0.29, 0.717) is 22.7 Å². The third-order valence-corrected chi connectivity index (χ3v) is 4.70. The monoisotopic (exact) mass is 263 g/mol. The van der Waals surface area contributed by atoms with Crippen LogP contribution in [0.15, 0.2) is 18.2 Å². The van der Waals surface area contributed by atoms with Crippen molar-refractivity contribution in [1.82, 2.24) is 0 Å². The molecule has 1 heterocycles. The number of nitrogens with zero attached hydrogens (tertiary/aromatic N) is 1. The summed E-state index contributed by atoms with van der Waals surface area (Å²) in [6.45, 7) is 2.99. The van der Waals surface area contributed by atoms with Crippen LogP contribution in [0.5, 0.6) is 5.75 Å². The minimum atomic E-state index is 0.337. The van der Waals surface area contributed by atoms with Crippen LogP contribution in [0, 0.1) is 11.3 Å². The number of benzene rings is 1. The summed E-state index contributed by atoms with van der Waals surface area (Å²) >= 11 is 1.90. The maximum absolute atomic E-state index is 9.04. The standard InChI is InChI=1S/C14H17NO2S/c1-10-14(5-6-17-10)18-9-11-3-4-13(16-2)12(7-11)8-15/h3-4,7,10,14H,5-6,9H2,1-2H3. The van der Waals surface area contributed by atoms with E-state index < -0.39 is 0 Å². The molecule has 96 valence electrons. The van der Waals surface area contributed by atoms with Crippen LogP contribution in [0.2, 0.25) is 0 Å². The molecule has 0 bridgehead atoms. The molecule has 0 amide bonds. The quantitative estimate of drug-likeness (QED) is 0.837. The molecule has 1 fully saturated rings. The molecule has 2 rings (SSSR count). The lowest BCUT2D eigenvalue weighted by atomic mass is 10.1. The highest BCUT2D eigenvalue weighted by molar-refractivity contribution is 7.99. The van der Waals surface area contributed by atoms with Crippen LogP contribution in [-0.4, -0.2) is 25.1 Å². The third kappa shape index (κ3) is 2.98. The van der Waals surface area contributed by atoms with Crippen LogP contribution < -0.4 is 4.74 Å². The van der Waals surface area contributed by atoms with Gasteiger partial charge in [-0.2, -0.15) is 17.0 Å². The van der Waals surface area contributed by atoms with Gasteiger partial charge in [0.2, 0.25) is 0 Å². The summed E-state index contributed by atoms with van der Waals surface area (Å²) in [7, 11) is 1.59. The molecule has 0 saturated carbocycles. The molecule has 0 aliphatic carbocycles. The van der Waals surface area contributed by atoms with Crippen molar-refractivity contribution >= 4 is 11.8 Å². The van der Waals surface area contributed by atoms with Gasteiger partial charge in [-0.05, 0) is 31.0 Å². The summed E-state index contributed by atoms with van der Waals surface area (Å²) in [5.41, 5.74) is 1.77. The molecule has 1 aliphatic heterocycles. The van der Waals surface area contributed by atoms with Crippen molar-refractivity contribution in [2.45, 2.75) is 30.5 Å². The van der Waals surface area contributed by atoms with Gasteiger partial charge < -0.3 is 9.47 Å². The molecular formula is C14H17NO2S. The Balaban J connectivity index is 1.99. The molecule has 1 saturated heterocycles. The van der Waals surface area contributed by atoms with Crippen molar-refractivity contribution < 1.29 is 9.47 Å². The Labute approximate surface area is 112 Å². The van der Waals surface area contributed by atoms with E-state index in [1.165, 1.54) is 0 Å². The van der Waals surface area contributed by atoms with E-state index in [0.717, 1.165) is 24.3 Å². The summed E-state index contributed by atoms with van der Waals surface area (Å²) in [5, 5.41) is 9.61. The molecule has 2 unspecified atom stereocenters. The van der Waals surface area contributed by atoms with Gasteiger partial charge in [-0.1, -0.05) is 6.07 Å². The Morgan fingerprint density at radius 1 is 1.56 bits per heavy atom. The summed E-state index contributed by atoms with van der Waals surface area (Å²) in [4.78, 5) is 0. The molecule has 2 atom stereocenters. The number of ether oxygens (including phenoxy) is 2. The Kier molecular flexibility index (Phi) is 4.51. The number of methoxy groups -OCH3 is 1. The predicted octanol–water partition coefficient (Wildman–Crippen LogP) is 2.98. The Bertz CT molecular complexity index is 456. The number of thioether (sulfide) groups is 1. The van der Waals surface area contributed by atoms with Crippen molar-refractivity contribution in [3.63, 3.8) is 0 Å². The predicted molar refractivity (Wildman–Crippen MR) is 72.8 cm³/mol. The van der Waals surface area contributed by atoms with E-state index in [-0.39, 0.29) is 0 Å². The van der Waals surface area contributed by atoms with E-state index in [1.807, 2.05) is 30.0 Å². The summed E-state index contributed by atoms with van der Waals surface area (Å²) in [6, 6.07) is 7.96. The fourth-order valence-electron chi connectivity index (χ4n) is 2.07. The lowest BCUT2D eigenvalue weighted by Crippen LogP contribution is -2.13. The lowest BCUT2D eigenvalue weighted by Gasteiger charge is -2.13. The molecule has 0 N–H and O–H groups in total. The smallest absolute Gasteiger partial charge is 0.136 e. The van der Waals surface area contributed by atoms with E-state index in [9.17, 15) is 0 Å². The van der Waals surface area contributed by atoms with Crippen LogP contribution in [0.3, 0.4) is 0 Å². The van der Waals surface area contributed by atoms with E-state index in [1.54, 1.807) is 7.11 Å². The molecule has 3 nitrogen and oxygen atoms in total. The normalized spacial score (nSPS) is 22.7. The highest BCUT2D eigenvalue weighted by Gasteiger charge is 2.24. The molecule has 0 radical (unpaired) electrons. The fourth-order valence-corrected chi connectivity index (χ4v) is 3.27. The highest BCUT2D eigenvalue weighted by Crippen LogP contribution is 2.30. The maximum Gasteiger partial charge on any atom is 0.136 e. The van der Waals surface area contributed by atoms with Gasteiger partial charge in [0.1, 0.15) is 11.8 Å². The average Bonchev–Trinajstić information content (AvgIpc) is 2.81. The third-order valence-electron chi connectivity index (χ3n) is 3.16. The zero-order valence-corrected chi connectivity index (χ0v) is 11.5. The van der Waals surface area contributed by atoms with Gasteiger partial charge in [-0.15, -0.1) is 0 Å². The lowest BCUT2D eigenvalue weighted by molar-refractivity contribution is 0.127. The SMILES string of the molecule is COc1ccc(CSC2CCOC2C)cc1C#N. The highest BCUT2D eigenvalue weighted by atomic mass is 32.2. The molecule has 0 aromatic heterocycles. The van der Waals surface area contributed by atoms with Crippen LogP contribution in [0.25, 0.3) is 0 Å². The molecule has 1 aromatic carbocycles. The van der Waals surface area contributed by atoms with Gasteiger partial charge in [0.15, 0.2) is 0 Å². The van der Waals surface area contributed by atoms with Gasteiger partial charge in [0.25, 0.3) is 0 Å². The first-order valence-electron chi connectivity index (χ1n) is 6.05. The zero-order chi connectivity index (χ0) is 13.0. The Morgan fingerprint density at radius 2 is 2.39 bits per heavy atom. The topological polar surface area (TPSA) is 42.2 Å². The van der Waals surface area contributed by atoms with Crippen LogP contribution in [-0.2, 0) is 10.5 Å². The summed E-state index contributed by atoms with van der Waals surface area (Å²) < 4.78 is 10.7. The van der Waals surface area contributed by atoms with E-state index in [4.69, 9.17) is 14.7 Å². The second kappa shape index (κ2) is 6.12. The maximum atomic E-state index is 9.04. The first kappa shape index (κ1) is 13.3. The van der Waals surface area contributed by atoms with Crippen molar-refractivity contribution in [3.8, 4) is 11.8 Å². The second-order valence-corrected chi connectivity index (χ2v) is 5.59. The van der Waals surface area contributed by atoms with Gasteiger partial charge in [-0.3, -0.25) is 0 Å². The van der Waals surface area contributed by atoms with E-state index >= 15 is 0 Å².